The van der Waals surface area contributed by atoms with Gasteiger partial charge >= 0.3 is 11.7 Å². The van der Waals surface area contributed by atoms with Gasteiger partial charge in [0, 0.05) is 12.1 Å². The summed E-state index contributed by atoms with van der Waals surface area (Å²) in [6.07, 6.45) is -4.22. The first-order chi connectivity index (χ1) is 12.8. The second kappa shape index (κ2) is 7.82. The van der Waals surface area contributed by atoms with Crippen molar-refractivity contribution in [2.75, 3.05) is 6.54 Å². The van der Waals surface area contributed by atoms with Crippen molar-refractivity contribution < 1.29 is 39.6 Å². The highest BCUT2D eigenvalue weighted by atomic mass is 32.2. The lowest BCUT2D eigenvalue weighted by atomic mass is 10.1. The second-order valence-corrected chi connectivity index (χ2v) is 7.62. The molecule has 1 N–H and O–H groups in total. The van der Waals surface area contributed by atoms with Crippen molar-refractivity contribution >= 4 is 15.7 Å². The first-order valence-corrected chi connectivity index (χ1v) is 9.16. The van der Waals surface area contributed by atoms with Crippen LogP contribution in [0.5, 0.6) is 0 Å². The molecule has 0 unspecified atom stereocenters. The van der Waals surface area contributed by atoms with Crippen molar-refractivity contribution in [2.45, 2.75) is 23.0 Å². The zero-order chi connectivity index (χ0) is 21.2. The van der Waals surface area contributed by atoms with Crippen LogP contribution < -0.4 is 5.32 Å². The number of benzene rings is 2. The number of hydrogen-bond donors (Lipinski definition) is 1. The van der Waals surface area contributed by atoms with E-state index in [4.69, 9.17) is 0 Å². The fraction of sp³-hybridized carbons (Fsp3) is 0.235. The van der Waals surface area contributed by atoms with Crippen LogP contribution in [0.25, 0.3) is 0 Å². The smallest absolute Gasteiger partial charge is 0.352 e. The Labute approximate surface area is 156 Å². The van der Waals surface area contributed by atoms with Gasteiger partial charge in [0.2, 0.25) is 0 Å². The fourth-order valence-corrected chi connectivity index (χ4v) is 2.96. The van der Waals surface area contributed by atoms with Gasteiger partial charge in [-0.05, 0) is 48.4 Å². The van der Waals surface area contributed by atoms with Crippen LogP contribution in [0.2, 0.25) is 0 Å². The lowest BCUT2D eigenvalue weighted by Crippen LogP contribution is -2.26. The number of hydrogen-bond acceptors (Lipinski definition) is 3. The molecule has 1 amide bonds. The summed E-state index contributed by atoms with van der Waals surface area (Å²) in [5.41, 5.74) is -5.76. The van der Waals surface area contributed by atoms with E-state index in [-0.39, 0.29) is 18.5 Å². The Balaban J connectivity index is 1.95. The number of halogens is 6. The minimum atomic E-state index is -5.50. The summed E-state index contributed by atoms with van der Waals surface area (Å²) in [4.78, 5) is 11.0. The number of carbonyl (C=O) groups is 1. The van der Waals surface area contributed by atoms with Crippen LogP contribution in [-0.2, 0) is 22.4 Å². The van der Waals surface area contributed by atoms with Gasteiger partial charge in [-0.2, -0.15) is 26.3 Å². The second-order valence-electron chi connectivity index (χ2n) is 5.67. The molecule has 0 aromatic heterocycles. The Bertz CT molecular complexity index is 933. The third-order valence-electron chi connectivity index (χ3n) is 3.71. The standard InChI is InChI=1S/C17H13F6NO3S/c18-16(19,20)13-5-1-11(2-6-13)9-10-24-15(25)12-3-7-14(8-4-12)28(26,27)17(21,22)23/h1-8H,9-10H2,(H,24,25). The zero-order valence-corrected chi connectivity index (χ0v) is 14.8. The maximum absolute atomic E-state index is 12.5. The molecule has 0 heterocycles. The summed E-state index contributed by atoms with van der Waals surface area (Å²) in [5.74, 6) is -0.664. The summed E-state index contributed by atoms with van der Waals surface area (Å²) >= 11 is 0. The van der Waals surface area contributed by atoms with E-state index in [9.17, 15) is 39.6 Å². The topological polar surface area (TPSA) is 63.2 Å². The van der Waals surface area contributed by atoms with E-state index in [1.54, 1.807) is 0 Å². The van der Waals surface area contributed by atoms with Gasteiger partial charge in [0.15, 0.2) is 0 Å². The van der Waals surface area contributed by atoms with Gasteiger partial charge < -0.3 is 5.32 Å². The first kappa shape index (κ1) is 21.7. The van der Waals surface area contributed by atoms with Crippen molar-refractivity contribution in [1.29, 1.82) is 0 Å². The summed E-state index contributed by atoms with van der Waals surface area (Å²) in [6, 6.07) is 7.59. The van der Waals surface area contributed by atoms with Crippen LogP contribution in [0.3, 0.4) is 0 Å². The number of rotatable bonds is 5. The number of alkyl halides is 6. The zero-order valence-electron chi connectivity index (χ0n) is 13.9. The molecular formula is C17H13F6NO3S. The molecule has 2 aromatic rings. The minimum Gasteiger partial charge on any atom is -0.352 e. The summed E-state index contributed by atoms with van der Waals surface area (Å²) in [6.45, 7) is 0.0623. The summed E-state index contributed by atoms with van der Waals surface area (Å²) in [5, 5.41) is 2.45. The van der Waals surface area contributed by atoms with E-state index in [2.05, 4.69) is 5.32 Å². The molecule has 0 bridgehead atoms. The first-order valence-electron chi connectivity index (χ1n) is 7.68. The van der Waals surface area contributed by atoms with Gasteiger partial charge in [-0.25, -0.2) is 8.42 Å². The summed E-state index contributed by atoms with van der Waals surface area (Å²) in [7, 11) is -5.50. The molecule has 0 aliphatic heterocycles. The van der Waals surface area contributed by atoms with Crippen molar-refractivity contribution in [2.24, 2.45) is 0 Å². The Hall–Kier alpha value is -2.56. The molecule has 2 rings (SSSR count). The Morgan fingerprint density at radius 2 is 1.39 bits per heavy atom. The molecule has 2 aromatic carbocycles. The van der Waals surface area contributed by atoms with Gasteiger partial charge in [-0.1, -0.05) is 12.1 Å². The highest BCUT2D eigenvalue weighted by Gasteiger charge is 2.46. The van der Waals surface area contributed by atoms with Crippen molar-refractivity contribution in [3.63, 3.8) is 0 Å². The average molecular weight is 425 g/mol. The van der Waals surface area contributed by atoms with Crippen molar-refractivity contribution in [3.8, 4) is 0 Å². The number of nitrogens with one attached hydrogen (secondary N) is 1. The van der Waals surface area contributed by atoms with Crippen molar-refractivity contribution in [3.05, 3.63) is 65.2 Å². The highest BCUT2D eigenvalue weighted by molar-refractivity contribution is 7.92. The van der Waals surface area contributed by atoms with E-state index >= 15 is 0 Å². The predicted octanol–water partition coefficient (Wildman–Crippen LogP) is 3.97. The monoisotopic (exact) mass is 425 g/mol. The minimum absolute atomic E-state index is 0.0615. The van der Waals surface area contributed by atoms with Crippen LogP contribution in [0, 0.1) is 0 Å². The van der Waals surface area contributed by atoms with Gasteiger partial charge in [0.25, 0.3) is 15.7 Å². The molecule has 152 valence electrons. The highest BCUT2D eigenvalue weighted by Crippen LogP contribution is 2.30. The molecule has 0 fully saturated rings. The molecule has 0 aliphatic rings. The van der Waals surface area contributed by atoms with E-state index in [0.717, 1.165) is 24.3 Å². The molecule has 0 saturated carbocycles. The van der Waals surface area contributed by atoms with Crippen LogP contribution >= 0.6 is 0 Å². The SMILES string of the molecule is O=C(NCCc1ccc(C(F)(F)F)cc1)c1ccc(S(=O)(=O)C(F)(F)F)cc1. The molecule has 11 heteroatoms. The molecule has 28 heavy (non-hydrogen) atoms. The number of carbonyl (C=O) groups excluding carboxylic acids is 1. The van der Waals surface area contributed by atoms with Gasteiger partial charge in [-0.15, -0.1) is 0 Å². The van der Waals surface area contributed by atoms with E-state index in [1.165, 1.54) is 12.1 Å². The van der Waals surface area contributed by atoms with Gasteiger partial charge in [0.05, 0.1) is 10.5 Å². The van der Waals surface area contributed by atoms with Gasteiger partial charge in [-0.3, -0.25) is 4.79 Å². The largest absolute Gasteiger partial charge is 0.501 e. The third kappa shape index (κ3) is 5.03. The van der Waals surface area contributed by atoms with Crippen molar-refractivity contribution in [1.82, 2.24) is 5.32 Å². The molecule has 0 saturated heterocycles. The molecular weight excluding hydrogens is 412 g/mol. The quantitative estimate of drug-likeness (QED) is 0.738. The number of amides is 1. The number of sulfone groups is 1. The van der Waals surface area contributed by atoms with E-state index in [1.807, 2.05) is 0 Å². The Morgan fingerprint density at radius 3 is 1.86 bits per heavy atom. The molecule has 0 radical (unpaired) electrons. The third-order valence-corrected chi connectivity index (χ3v) is 5.21. The Kier molecular flexibility index (Phi) is 6.07. The van der Waals surface area contributed by atoms with E-state index in [0.29, 0.717) is 17.7 Å². The lowest BCUT2D eigenvalue weighted by Gasteiger charge is -2.10. The van der Waals surface area contributed by atoms with E-state index < -0.39 is 37.9 Å². The molecule has 0 atom stereocenters. The molecule has 4 nitrogen and oxygen atoms in total. The maximum atomic E-state index is 12.5. The fourth-order valence-electron chi connectivity index (χ4n) is 2.20. The molecule has 0 aliphatic carbocycles. The predicted molar refractivity (Wildman–Crippen MR) is 87.2 cm³/mol. The normalized spacial score (nSPS) is 12.6. The average Bonchev–Trinajstić information content (AvgIpc) is 2.60. The summed E-state index contributed by atoms with van der Waals surface area (Å²) < 4.78 is 97.3. The Morgan fingerprint density at radius 1 is 0.857 bits per heavy atom. The van der Waals surface area contributed by atoms with Crippen LogP contribution in [0.15, 0.2) is 53.4 Å². The van der Waals surface area contributed by atoms with Crippen LogP contribution in [0.1, 0.15) is 21.5 Å². The molecule has 0 spiro atoms. The van der Waals surface area contributed by atoms with Gasteiger partial charge in [0.1, 0.15) is 0 Å². The van der Waals surface area contributed by atoms with Crippen LogP contribution in [-0.4, -0.2) is 26.4 Å². The lowest BCUT2D eigenvalue weighted by molar-refractivity contribution is -0.137. The maximum Gasteiger partial charge on any atom is 0.501 e. The van der Waals surface area contributed by atoms with Crippen LogP contribution in [0.4, 0.5) is 26.3 Å².